The second kappa shape index (κ2) is 8.14. The van der Waals surface area contributed by atoms with E-state index in [1.165, 1.54) is 5.52 Å². The van der Waals surface area contributed by atoms with Crippen LogP contribution in [0.5, 0.6) is 0 Å². The summed E-state index contributed by atoms with van der Waals surface area (Å²) in [5, 5.41) is 11.2. The summed E-state index contributed by atoms with van der Waals surface area (Å²) in [5.41, 5.74) is 2.83. The summed E-state index contributed by atoms with van der Waals surface area (Å²) >= 11 is 6.44. The molecule has 0 radical (unpaired) electrons. The van der Waals surface area contributed by atoms with E-state index >= 15 is 0 Å². The topological polar surface area (TPSA) is 47.2 Å². The molecule has 1 N–H and O–H groups in total. The predicted octanol–water partition coefficient (Wildman–Crippen LogP) is 5.40. The minimum Gasteiger partial charge on any atom is -0.393 e. The van der Waals surface area contributed by atoms with Crippen LogP contribution in [0.15, 0.2) is 47.5 Å². The Morgan fingerprint density at radius 1 is 1.11 bits per heavy atom. The van der Waals surface area contributed by atoms with Gasteiger partial charge < -0.3 is 14.2 Å². The molecule has 1 aliphatic carbocycles. The quantitative estimate of drug-likeness (QED) is 0.625. The van der Waals surface area contributed by atoms with Gasteiger partial charge in [-0.05, 0) is 61.9 Å². The third-order valence-electron chi connectivity index (χ3n) is 5.95. The van der Waals surface area contributed by atoms with Crippen LogP contribution >= 0.6 is 11.6 Å². The highest BCUT2D eigenvalue weighted by Gasteiger charge is 2.21. The van der Waals surface area contributed by atoms with Crippen molar-refractivity contribution in [1.29, 1.82) is 0 Å². The largest absolute Gasteiger partial charge is 0.393 e. The highest BCUT2D eigenvalue weighted by molar-refractivity contribution is 6.33. The molecule has 148 valence electrons. The van der Waals surface area contributed by atoms with E-state index in [4.69, 9.17) is 11.6 Å². The van der Waals surface area contributed by atoms with Gasteiger partial charge in [-0.3, -0.25) is 4.79 Å². The normalized spacial score (nSPS) is 20.0. The second-order valence-electron chi connectivity index (χ2n) is 7.85. The molecule has 1 aromatic carbocycles. The Labute approximate surface area is 170 Å². The molecule has 4 nitrogen and oxygen atoms in total. The van der Waals surface area contributed by atoms with E-state index in [9.17, 15) is 9.90 Å². The fourth-order valence-corrected chi connectivity index (χ4v) is 4.54. The van der Waals surface area contributed by atoms with Crippen LogP contribution in [0.4, 0.5) is 0 Å². The van der Waals surface area contributed by atoms with Gasteiger partial charge in [0.2, 0.25) is 0 Å². The summed E-state index contributed by atoms with van der Waals surface area (Å²) in [5.74, 6) is 0. The molecule has 0 saturated heterocycles. The van der Waals surface area contributed by atoms with Crippen LogP contribution in [0.25, 0.3) is 22.0 Å². The Bertz CT molecular complexity index is 1030. The second-order valence-corrected chi connectivity index (χ2v) is 8.23. The van der Waals surface area contributed by atoms with Crippen LogP contribution in [-0.4, -0.2) is 20.3 Å². The fourth-order valence-electron chi connectivity index (χ4n) is 4.26. The van der Waals surface area contributed by atoms with Gasteiger partial charge in [0.1, 0.15) is 5.02 Å². The lowest BCUT2D eigenvalue weighted by molar-refractivity contribution is 0.111. The third-order valence-corrected chi connectivity index (χ3v) is 6.32. The molecule has 2 aromatic heterocycles. The van der Waals surface area contributed by atoms with Crippen LogP contribution in [0.2, 0.25) is 5.02 Å². The van der Waals surface area contributed by atoms with Gasteiger partial charge in [-0.25, -0.2) is 0 Å². The lowest BCUT2D eigenvalue weighted by Gasteiger charge is -2.27. The van der Waals surface area contributed by atoms with Crippen LogP contribution in [0.3, 0.4) is 0 Å². The van der Waals surface area contributed by atoms with Crippen molar-refractivity contribution in [3.8, 4) is 11.1 Å². The van der Waals surface area contributed by atoms with E-state index < -0.39 is 0 Å². The molecule has 1 saturated carbocycles. The summed E-state index contributed by atoms with van der Waals surface area (Å²) in [7, 11) is 0. The highest BCUT2D eigenvalue weighted by Crippen LogP contribution is 2.34. The van der Waals surface area contributed by atoms with Crippen molar-refractivity contribution in [3.63, 3.8) is 0 Å². The monoisotopic (exact) mass is 398 g/mol. The number of aromatic nitrogens is 2. The number of hydrogen-bond acceptors (Lipinski definition) is 2. The molecule has 5 heteroatoms. The molecule has 0 amide bonds. The van der Waals surface area contributed by atoms with Gasteiger partial charge in [0.05, 0.1) is 6.10 Å². The van der Waals surface area contributed by atoms with Crippen LogP contribution < -0.4 is 5.56 Å². The molecule has 4 rings (SSSR count). The van der Waals surface area contributed by atoms with Crippen LogP contribution in [0, 0.1) is 0 Å². The Balaban J connectivity index is 1.66. The summed E-state index contributed by atoms with van der Waals surface area (Å²) in [4.78, 5) is 12.6. The molecule has 2 heterocycles. The highest BCUT2D eigenvalue weighted by atomic mass is 35.5. The molecule has 0 spiro atoms. The number of rotatable bonds is 5. The average Bonchev–Trinajstić information content (AvgIpc) is 3.13. The Morgan fingerprint density at radius 3 is 2.64 bits per heavy atom. The van der Waals surface area contributed by atoms with Gasteiger partial charge in [-0.1, -0.05) is 31.0 Å². The maximum atomic E-state index is 12.6. The first-order chi connectivity index (χ1) is 13.6. The minimum absolute atomic E-state index is 0.119. The lowest BCUT2D eigenvalue weighted by Crippen LogP contribution is -2.20. The molecule has 0 unspecified atom stereocenters. The zero-order chi connectivity index (χ0) is 19.7. The summed E-state index contributed by atoms with van der Waals surface area (Å²) in [6.07, 6.45) is 9.60. The average molecular weight is 399 g/mol. The first-order valence-electron chi connectivity index (χ1n) is 10.3. The van der Waals surface area contributed by atoms with Gasteiger partial charge >= 0.3 is 0 Å². The number of benzene rings is 1. The SMILES string of the molecule is CCCCn1ccc(-c2ccc3c(ccn3C3CCC(O)CC3)c2)c(Cl)c1=O. The number of nitrogens with zero attached hydrogens (tertiary/aromatic N) is 2. The van der Waals surface area contributed by atoms with Crippen molar-refractivity contribution < 1.29 is 5.11 Å². The Kier molecular flexibility index (Phi) is 5.61. The van der Waals surface area contributed by atoms with Gasteiger partial charge in [0.15, 0.2) is 0 Å². The van der Waals surface area contributed by atoms with E-state index in [1.807, 2.05) is 18.3 Å². The van der Waals surface area contributed by atoms with E-state index in [1.54, 1.807) is 4.57 Å². The molecular formula is C23H27ClN2O2. The van der Waals surface area contributed by atoms with Crippen molar-refractivity contribution in [2.45, 2.75) is 64.1 Å². The summed E-state index contributed by atoms with van der Waals surface area (Å²) < 4.78 is 4.02. The molecule has 0 bridgehead atoms. The molecular weight excluding hydrogens is 372 g/mol. The molecule has 3 aromatic rings. The van der Waals surface area contributed by atoms with Crippen molar-refractivity contribution in [3.05, 3.63) is 58.1 Å². The fraction of sp³-hybridized carbons (Fsp3) is 0.435. The zero-order valence-electron chi connectivity index (χ0n) is 16.3. The number of pyridine rings is 1. The number of aliphatic hydroxyl groups excluding tert-OH is 1. The number of fused-ring (bicyclic) bond motifs is 1. The van der Waals surface area contributed by atoms with Crippen molar-refractivity contribution in [1.82, 2.24) is 9.13 Å². The summed E-state index contributed by atoms with van der Waals surface area (Å²) in [6.45, 7) is 2.81. The van der Waals surface area contributed by atoms with Gasteiger partial charge in [0.25, 0.3) is 5.56 Å². The first kappa shape index (κ1) is 19.3. The first-order valence-corrected chi connectivity index (χ1v) is 10.6. The predicted molar refractivity (Wildman–Crippen MR) is 115 cm³/mol. The van der Waals surface area contributed by atoms with E-state index in [0.717, 1.165) is 55.0 Å². The number of hydrogen-bond donors (Lipinski definition) is 1. The molecule has 28 heavy (non-hydrogen) atoms. The standard InChI is InChI=1S/C23H27ClN2O2/c1-2-3-12-25-13-11-20(22(24)23(25)28)16-4-9-21-17(15-16)10-14-26(21)18-5-7-19(27)8-6-18/h4,9-11,13-15,18-19,27H,2-3,5-8,12H2,1H3. The Morgan fingerprint density at radius 2 is 1.89 bits per heavy atom. The maximum absolute atomic E-state index is 12.6. The number of unbranched alkanes of at least 4 members (excludes halogenated alkanes) is 1. The minimum atomic E-state index is -0.147. The molecule has 0 aliphatic heterocycles. The van der Waals surface area contributed by atoms with Crippen molar-refractivity contribution >= 4 is 22.5 Å². The van der Waals surface area contributed by atoms with E-state index in [2.05, 4.69) is 35.9 Å². The number of aryl methyl sites for hydroxylation is 1. The number of aliphatic hydroxyl groups is 1. The molecule has 0 atom stereocenters. The summed E-state index contributed by atoms with van der Waals surface area (Å²) in [6, 6.07) is 10.8. The van der Waals surface area contributed by atoms with Crippen molar-refractivity contribution in [2.75, 3.05) is 0 Å². The number of halogens is 1. The van der Waals surface area contributed by atoms with E-state index in [0.29, 0.717) is 17.6 Å². The van der Waals surface area contributed by atoms with Gasteiger partial charge in [-0.15, -0.1) is 0 Å². The van der Waals surface area contributed by atoms with Gasteiger partial charge in [0, 0.05) is 41.4 Å². The smallest absolute Gasteiger partial charge is 0.269 e. The van der Waals surface area contributed by atoms with Crippen LogP contribution in [0.1, 0.15) is 51.5 Å². The van der Waals surface area contributed by atoms with E-state index in [-0.39, 0.29) is 11.7 Å². The lowest BCUT2D eigenvalue weighted by atomic mass is 9.93. The molecule has 1 fully saturated rings. The Hall–Kier alpha value is -2.04. The van der Waals surface area contributed by atoms with Crippen LogP contribution in [-0.2, 0) is 6.54 Å². The zero-order valence-corrected chi connectivity index (χ0v) is 17.0. The third kappa shape index (κ3) is 3.63. The van der Waals surface area contributed by atoms with Gasteiger partial charge in [-0.2, -0.15) is 0 Å². The molecule has 1 aliphatic rings. The van der Waals surface area contributed by atoms with Crippen molar-refractivity contribution in [2.24, 2.45) is 0 Å². The maximum Gasteiger partial charge on any atom is 0.269 e.